The molecule has 1 saturated carbocycles. The molecule has 3 fully saturated rings. The molecule has 10 heteroatoms. The SMILES string of the molecule is CC(C)(O)CN1CC(NC(=O)C2CC(O)CN2C(=O)[C@@H](n2cc(C3CC3)nn2)C(C)(C)C)C1. The maximum atomic E-state index is 13.7. The molecular formula is C23H38N6O4. The number of nitrogens with one attached hydrogen (secondary N) is 1. The van der Waals surface area contributed by atoms with Crippen LogP contribution in [0.25, 0.3) is 0 Å². The zero-order valence-corrected chi connectivity index (χ0v) is 20.4. The van der Waals surface area contributed by atoms with Crippen molar-refractivity contribution in [3.05, 3.63) is 11.9 Å². The highest BCUT2D eigenvalue weighted by molar-refractivity contribution is 5.90. The number of nitrogens with zero attached hydrogens (tertiary/aromatic N) is 5. The monoisotopic (exact) mass is 462 g/mol. The van der Waals surface area contributed by atoms with Crippen molar-refractivity contribution in [2.24, 2.45) is 5.41 Å². The van der Waals surface area contributed by atoms with Gasteiger partial charge in [0.25, 0.3) is 0 Å². The largest absolute Gasteiger partial charge is 0.391 e. The van der Waals surface area contributed by atoms with Gasteiger partial charge in [0.2, 0.25) is 11.8 Å². The van der Waals surface area contributed by atoms with Gasteiger partial charge < -0.3 is 20.4 Å². The van der Waals surface area contributed by atoms with E-state index in [0.29, 0.717) is 25.6 Å². The van der Waals surface area contributed by atoms with Gasteiger partial charge in [-0.3, -0.25) is 14.5 Å². The average molecular weight is 463 g/mol. The lowest BCUT2D eigenvalue weighted by Gasteiger charge is -2.43. The molecule has 0 spiro atoms. The molecule has 0 bridgehead atoms. The van der Waals surface area contributed by atoms with Crippen molar-refractivity contribution in [3.8, 4) is 0 Å². The molecule has 184 valence electrons. The van der Waals surface area contributed by atoms with Crippen LogP contribution in [0.15, 0.2) is 6.20 Å². The highest BCUT2D eigenvalue weighted by Crippen LogP contribution is 2.40. The predicted molar refractivity (Wildman–Crippen MR) is 121 cm³/mol. The minimum Gasteiger partial charge on any atom is -0.391 e. The fourth-order valence-electron chi connectivity index (χ4n) is 4.96. The van der Waals surface area contributed by atoms with Crippen LogP contribution in [0.2, 0.25) is 0 Å². The molecule has 0 aromatic carbocycles. The Bertz CT molecular complexity index is 878. The summed E-state index contributed by atoms with van der Waals surface area (Å²) >= 11 is 0. The molecular weight excluding hydrogens is 424 g/mol. The van der Waals surface area contributed by atoms with E-state index >= 15 is 0 Å². The van der Waals surface area contributed by atoms with E-state index in [-0.39, 0.29) is 30.8 Å². The molecule has 2 amide bonds. The zero-order valence-electron chi connectivity index (χ0n) is 20.4. The first-order valence-electron chi connectivity index (χ1n) is 12.0. The molecule has 3 atom stereocenters. The first kappa shape index (κ1) is 24.1. The minimum atomic E-state index is -0.781. The number of aliphatic hydroxyl groups is 2. The van der Waals surface area contributed by atoms with E-state index in [4.69, 9.17) is 0 Å². The Morgan fingerprint density at radius 3 is 2.42 bits per heavy atom. The number of aliphatic hydroxyl groups excluding tert-OH is 1. The van der Waals surface area contributed by atoms with Gasteiger partial charge in [-0.2, -0.15) is 0 Å². The molecule has 2 saturated heterocycles. The highest BCUT2D eigenvalue weighted by Gasteiger charge is 2.46. The van der Waals surface area contributed by atoms with Gasteiger partial charge in [-0.1, -0.05) is 26.0 Å². The van der Waals surface area contributed by atoms with E-state index < -0.39 is 29.2 Å². The van der Waals surface area contributed by atoms with E-state index in [9.17, 15) is 19.8 Å². The Kier molecular flexibility index (Phi) is 6.30. The van der Waals surface area contributed by atoms with Gasteiger partial charge in [0, 0.05) is 44.7 Å². The van der Waals surface area contributed by atoms with Gasteiger partial charge in [-0.15, -0.1) is 5.10 Å². The summed E-state index contributed by atoms with van der Waals surface area (Å²) in [7, 11) is 0. The van der Waals surface area contributed by atoms with Crippen molar-refractivity contribution >= 4 is 11.8 Å². The molecule has 3 N–H and O–H groups in total. The van der Waals surface area contributed by atoms with Crippen molar-refractivity contribution in [1.29, 1.82) is 0 Å². The molecule has 3 heterocycles. The number of carbonyl (C=O) groups is 2. The number of carbonyl (C=O) groups excluding carboxylic acids is 2. The molecule has 10 nitrogen and oxygen atoms in total. The second-order valence-electron chi connectivity index (χ2n) is 11.8. The lowest BCUT2D eigenvalue weighted by atomic mass is 9.85. The molecule has 1 aromatic heterocycles. The molecule has 0 radical (unpaired) electrons. The number of hydrogen-bond acceptors (Lipinski definition) is 7. The van der Waals surface area contributed by atoms with Gasteiger partial charge in [0.1, 0.15) is 12.1 Å². The summed E-state index contributed by atoms with van der Waals surface area (Å²) in [6.45, 7) is 11.4. The number of aromatic nitrogens is 3. The van der Waals surface area contributed by atoms with Crippen LogP contribution in [-0.2, 0) is 9.59 Å². The molecule has 2 aliphatic heterocycles. The van der Waals surface area contributed by atoms with Crippen molar-refractivity contribution in [2.45, 2.75) is 89.6 Å². The van der Waals surface area contributed by atoms with E-state index in [0.717, 1.165) is 18.5 Å². The topological polar surface area (TPSA) is 124 Å². The molecule has 3 aliphatic rings. The third kappa shape index (κ3) is 5.55. The Morgan fingerprint density at radius 2 is 1.85 bits per heavy atom. The summed E-state index contributed by atoms with van der Waals surface area (Å²) in [5.74, 6) is -0.0264. The number of rotatable bonds is 7. The van der Waals surface area contributed by atoms with E-state index in [1.165, 1.54) is 4.90 Å². The maximum Gasteiger partial charge on any atom is 0.248 e. The van der Waals surface area contributed by atoms with Gasteiger partial charge in [-0.25, -0.2) is 4.68 Å². The standard InChI is InChI=1S/C23H38N6O4/c1-22(2,3)19(29-12-17(25-26-29)14-6-7-14)21(32)28-11-16(30)8-18(28)20(31)24-15-9-27(10-15)13-23(4,5)33/h12,14-16,18-19,30,33H,6-11,13H2,1-5H3,(H,24,31)/t16?,18?,19-/m1/s1. The summed E-state index contributed by atoms with van der Waals surface area (Å²) in [5, 5.41) is 31.8. The molecule has 1 aliphatic carbocycles. The van der Waals surface area contributed by atoms with Crippen LogP contribution in [0.5, 0.6) is 0 Å². The van der Waals surface area contributed by atoms with Crippen LogP contribution < -0.4 is 5.32 Å². The second kappa shape index (κ2) is 8.63. The lowest BCUT2D eigenvalue weighted by Crippen LogP contribution is -2.63. The molecule has 1 aromatic rings. The van der Waals surface area contributed by atoms with Gasteiger partial charge in [0.15, 0.2) is 0 Å². The quantitative estimate of drug-likeness (QED) is 0.532. The zero-order chi connectivity index (χ0) is 24.1. The number of likely N-dealkylation sites (tertiary alicyclic amines) is 2. The summed E-state index contributed by atoms with van der Waals surface area (Å²) in [5.41, 5.74) is -0.323. The highest BCUT2D eigenvalue weighted by atomic mass is 16.3. The fourth-order valence-corrected chi connectivity index (χ4v) is 4.96. The third-order valence-electron chi connectivity index (χ3n) is 6.62. The predicted octanol–water partition coefficient (Wildman–Crippen LogP) is 0.276. The third-order valence-corrected chi connectivity index (χ3v) is 6.62. The second-order valence-corrected chi connectivity index (χ2v) is 11.8. The Balaban J connectivity index is 1.44. The molecule has 2 unspecified atom stereocenters. The number of β-amino-alcohol motifs (C(OH)–C–C–N with tert-alkyl or cyclic N) is 2. The molecule has 4 rings (SSSR count). The lowest BCUT2D eigenvalue weighted by molar-refractivity contribution is -0.144. The van der Waals surface area contributed by atoms with E-state index in [1.807, 2.05) is 27.0 Å². The summed E-state index contributed by atoms with van der Waals surface area (Å²) in [4.78, 5) is 30.4. The number of hydrogen-bond donors (Lipinski definition) is 3. The van der Waals surface area contributed by atoms with Crippen LogP contribution >= 0.6 is 0 Å². The van der Waals surface area contributed by atoms with Gasteiger partial charge in [0.05, 0.1) is 23.4 Å². The van der Waals surface area contributed by atoms with Crippen molar-refractivity contribution < 1.29 is 19.8 Å². The smallest absolute Gasteiger partial charge is 0.248 e. The van der Waals surface area contributed by atoms with Crippen LogP contribution in [0.4, 0.5) is 0 Å². The Labute approximate surface area is 195 Å². The first-order valence-corrected chi connectivity index (χ1v) is 12.0. The minimum absolute atomic E-state index is 0.0237. The summed E-state index contributed by atoms with van der Waals surface area (Å²) < 4.78 is 1.64. The van der Waals surface area contributed by atoms with Crippen LogP contribution in [0.1, 0.15) is 71.5 Å². The van der Waals surface area contributed by atoms with Crippen LogP contribution in [-0.4, -0.2) is 96.8 Å². The number of amides is 2. The Morgan fingerprint density at radius 1 is 1.18 bits per heavy atom. The van der Waals surface area contributed by atoms with Gasteiger partial charge in [-0.05, 0) is 32.1 Å². The normalized spacial score (nSPS) is 25.7. The Hall–Kier alpha value is -2.04. The van der Waals surface area contributed by atoms with Crippen LogP contribution in [0.3, 0.4) is 0 Å². The van der Waals surface area contributed by atoms with Gasteiger partial charge >= 0.3 is 0 Å². The van der Waals surface area contributed by atoms with Crippen molar-refractivity contribution in [2.75, 3.05) is 26.2 Å². The fraction of sp³-hybridized carbons (Fsp3) is 0.826. The van der Waals surface area contributed by atoms with E-state index in [2.05, 4.69) is 20.5 Å². The first-order chi connectivity index (χ1) is 15.3. The average Bonchev–Trinajstić information content (AvgIpc) is 3.26. The van der Waals surface area contributed by atoms with E-state index in [1.54, 1.807) is 18.5 Å². The summed E-state index contributed by atoms with van der Waals surface area (Å²) in [6, 6.07) is -1.36. The summed E-state index contributed by atoms with van der Waals surface area (Å²) in [6.07, 6.45) is 3.54. The van der Waals surface area contributed by atoms with Crippen molar-refractivity contribution in [3.63, 3.8) is 0 Å². The molecule has 33 heavy (non-hydrogen) atoms. The van der Waals surface area contributed by atoms with Crippen LogP contribution in [0, 0.1) is 5.41 Å². The van der Waals surface area contributed by atoms with Crippen molar-refractivity contribution in [1.82, 2.24) is 30.1 Å². The maximum absolute atomic E-state index is 13.7.